The summed E-state index contributed by atoms with van der Waals surface area (Å²) in [5.41, 5.74) is 8.00. The van der Waals surface area contributed by atoms with Crippen LogP contribution in [0.3, 0.4) is 0 Å². The van der Waals surface area contributed by atoms with E-state index in [0.717, 1.165) is 4.90 Å². The number of amides is 2. The van der Waals surface area contributed by atoms with Crippen molar-refractivity contribution in [2.45, 2.75) is 6.42 Å². The molecule has 1 saturated heterocycles. The molecular formula is C7H10N4O3. The molecule has 0 aromatic carbocycles. The van der Waals surface area contributed by atoms with Gasteiger partial charge in [0, 0.05) is 18.0 Å². The maximum absolute atomic E-state index is 11.1. The maximum atomic E-state index is 11.1. The fraction of sp³-hybridized carbons (Fsp3) is 0.714. The molecule has 0 aromatic rings. The Morgan fingerprint density at radius 2 is 2.07 bits per heavy atom. The minimum absolute atomic E-state index is 0.0484. The Labute approximate surface area is 80.3 Å². The molecule has 1 aliphatic heterocycles. The Bertz CT molecular complexity index is 269. The molecule has 0 spiro atoms. The van der Waals surface area contributed by atoms with Crippen molar-refractivity contribution in [3.8, 4) is 0 Å². The van der Waals surface area contributed by atoms with Crippen molar-refractivity contribution in [1.82, 2.24) is 4.90 Å². The number of imide groups is 1. The van der Waals surface area contributed by atoms with Crippen LogP contribution >= 0.6 is 0 Å². The average Bonchev–Trinajstić information content (AvgIpc) is 2.16. The molecule has 0 bridgehead atoms. The number of hydrogen-bond acceptors (Lipinski definition) is 4. The zero-order chi connectivity index (χ0) is 10.4. The van der Waals surface area contributed by atoms with Gasteiger partial charge in [-0.05, 0) is 12.0 Å². The zero-order valence-electron chi connectivity index (χ0n) is 7.55. The monoisotopic (exact) mass is 198 g/mol. The Hall–Kier alpha value is -1.59. The fourth-order valence-corrected chi connectivity index (χ4v) is 1.11. The number of azide groups is 1. The van der Waals surface area contributed by atoms with Gasteiger partial charge in [-0.25, -0.2) is 0 Å². The van der Waals surface area contributed by atoms with E-state index in [1.165, 1.54) is 0 Å². The van der Waals surface area contributed by atoms with Crippen LogP contribution in [0.2, 0.25) is 0 Å². The van der Waals surface area contributed by atoms with Crippen molar-refractivity contribution in [3.63, 3.8) is 0 Å². The SMILES string of the molecule is [N-]=[N+]=NCCCN1C(=O)COCC1=O. The highest BCUT2D eigenvalue weighted by atomic mass is 16.5. The molecule has 0 saturated carbocycles. The molecular weight excluding hydrogens is 188 g/mol. The van der Waals surface area contributed by atoms with E-state index in [-0.39, 0.29) is 31.6 Å². The number of nitrogens with zero attached hydrogens (tertiary/aromatic N) is 4. The smallest absolute Gasteiger partial charge is 0.255 e. The van der Waals surface area contributed by atoms with Crippen LogP contribution in [0.1, 0.15) is 6.42 Å². The van der Waals surface area contributed by atoms with Gasteiger partial charge in [0.1, 0.15) is 13.2 Å². The molecule has 0 radical (unpaired) electrons. The summed E-state index contributed by atoms with van der Waals surface area (Å²) in [5, 5.41) is 3.31. The normalized spacial score (nSPS) is 16.7. The Morgan fingerprint density at radius 3 is 2.64 bits per heavy atom. The second-order valence-corrected chi connectivity index (χ2v) is 2.74. The lowest BCUT2D eigenvalue weighted by molar-refractivity contribution is -0.158. The highest BCUT2D eigenvalue weighted by molar-refractivity contribution is 5.98. The number of hydrogen-bond donors (Lipinski definition) is 0. The van der Waals surface area contributed by atoms with E-state index < -0.39 is 0 Å². The van der Waals surface area contributed by atoms with Crippen LogP contribution in [0.25, 0.3) is 10.4 Å². The van der Waals surface area contributed by atoms with E-state index in [2.05, 4.69) is 10.0 Å². The van der Waals surface area contributed by atoms with Gasteiger partial charge in [-0.1, -0.05) is 5.11 Å². The number of carbonyl (C=O) groups excluding carboxylic acids is 2. The second-order valence-electron chi connectivity index (χ2n) is 2.74. The first-order valence-electron chi connectivity index (χ1n) is 4.17. The largest absolute Gasteiger partial charge is 0.362 e. The third-order valence-electron chi connectivity index (χ3n) is 1.76. The van der Waals surface area contributed by atoms with Gasteiger partial charge < -0.3 is 4.74 Å². The van der Waals surface area contributed by atoms with Gasteiger partial charge in [-0.2, -0.15) is 0 Å². The van der Waals surface area contributed by atoms with Crippen molar-refractivity contribution in [1.29, 1.82) is 0 Å². The van der Waals surface area contributed by atoms with Gasteiger partial charge >= 0.3 is 0 Å². The van der Waals surface area contributed by atoms with Gasteiger partial charge in [0.25, 0.3) is 11.8 Å². The maximum Gasteiger partial charge on any atom is 0.255 e. The van der Waals surface area contributed by atoms with Crippen LogP contribution in [0.5, 0.6) is 0 Å². The predicted molar refractivity (Wildman–Crippen MR) is 46.2 cm³/mol. The first-order valence-corrected chi connectivity index (χ1v) is 4.17. The highest BCUT2D eigenvalue weighted by Crippen LogP contribution is 2.01. The van der Waals surface area contributed by atoms with Crippen LogP contribution in [-0.4, -0.2) is 43.0 Å². The molecule has 0 aromatic heterocycles. The molecule has 7 heteroatoms. The predicted octanol–water partition coefficient (Wildman–Crippen LogP) is 0.0722. The summed E-state index contributed by atoms with van der Waals surface area (Å²) >= 11 is 0. The lowest BCUT2D eigenvalue weighted by atomic mass is 10.3. The van der Waals surface area contributed by atoms with Gasteiger partial charge in [-0.3, -0.25) is 14.5 Å². The Morgan fingerprint density at radius 1 is 1.43 bits per heavy atom. The zero-order valence-corrected chi connectivity index (χ0v) is 7.55. The molecule has 1 rings (SSSR count). The third-order valence-corrected chi connectivity index (χ3v) is 1.76. The van der Waals surface area contributed by atoms with E-state index in [1.54, 1.807) is 0 Å². The van der Waals surface area contributed by atoms with Crippen LogP contribution < -0.4 is 0 Å². The van der Waals surface area contributed by atoms with Crippen LogP contribution in [0.15, 0.2) is 5.11 Å². The van der Waals surface area contributed by atoms with Crippen molar-refractivity contribution in [2.75, 3.05) is 26.3 Å². The summed E-state index contributed by atoms with van der Waals surface area (Å²) < 4.78 is 4.73. The van der Waals surface area contributed by atoms with Gasteiger partial charge in [0.2, 0.25) is 0 Å². The summed E-state index contributed by atoms with van der Waals surface area (Å²) in [6, 6.07) is 0. The topological polar surface area (TPSA) is 95.4 Å². The highest BCUT2D eigenvalue weighted by Gasteiger charge is 2.25. The summed E-state index contributed by atoms with van der Waals surface area (Å²) in [4.78, 5) is 26.0. The number of carbonyl (C=O) groups is 2. The van der Waals surface area contributed by atoms with Crippen molar-refractivity contribution < 1.29 is 14.3 Å². The van der Waals surface area contributed by atoms with Gasteiger partial charge in [0.15, 0.2) is 0 Å². The Kier molecular flexibility index (Phi) is 3.90. The molecule has 0 atom stereocenters. The van der Waals surface area contributed by atoms with Crippen molar-refractivity contribution >= 4 is 11.8 Å². The van der Waals surface area contributed by atoms with Crippen molar-refractivity contribution in [3.05, 3.63) is 10.4 Å². The van der Waals surface area contributed by atoms with E-state index in [9.17, 15) is 9.59 Å². The molecule has 1 aliphatic rings. The second kappa shape index (κ2) is 5.21. The molecule has 1 heterocycles. The van der Waals surface area contributed by atoms with E-state index in [4.69, 9.17) is 10.3 Å². The summed E-state index contributed by atoms with van der Waals surface area (Å²) in [6.45, 7) is 0.481. The van der Waals surface area contributed by atoms with E-state index >= 15 is 0 Å². The van der Waals surface area contributed by atoms with Crippen LogP contribution in [0.4, 0.5) is 0 Å². The Balaban J connectivity index is 2.36. The summed E-state index contributed by atoms with van der Waals surface area (Å²) in [5.74, 6) is -0.663. The lowest BCUT2D eigenvalue weighted by Gasteiger charge is -2.24. The molecule has 0 aliphatic carbocycles. The molecule has 0 N–H and O–H groups in total. The van der Waals surface area contributed by atoms with Crippen molar-refractivity contribution in [2.24, 2.45) is 5.11 Å². The standard InChI is InChI=1S/C7H10N4O3/c8-10-9-2-1-3-11-6(12)4-14-5-7(11)13/h1-5H2. The summed E-state index contributed by atoms with van der Waals surface area (Å²) in [6.07, 6.45) is 0.488. The molecule has 14 heavy (non-hydrogen) atoms. The quantitative estimate of drug-likeness (QED) is 0.210. The first-order chi connectivity index (χ1) is 6.75. The molecule has 1 fully saturated rings. The van der Waals surface area contributed by atoms with Gasteiger partial charge in [0.05, 0.1) is 0 Å². The van der Waals surface area contributed by atoms with E-state index in [1.807, 2.05) is 0 Å². The minimum Gasteiger partial charge on any atom is -0.362 e. The van der Waals surface area contributed by atoms with E-state index in [0.29, 0.717) is 13.0 Å². The lowest BCUT2D eigenvalue weighted by Crippen LogP contribution is -2.46. The molecule has 7 nitrogen and oxygen atoms in total. The summed E-state index contributed by atoms with van der Waals surface area (Å²) in [7, 11) is 0. The number of rotatable bonds is 4. The minimum atomic E-state index is -0.331. The number of ether oxygens (including phenoxy) is 1. The molecule has 2 amide bonds. The van der Waals surface area contributed by atoms with Gasteiger partial charge in [-0.15, -0.1) is 0 Å². The fourth-order valence-electron chi connectivity index (χ4n) is 1.11. The average molecular weight is 198 g/mol. The molecule has 76 valence electrons. The number of morpholine rings is 1. The first kappa shape index (κ1) is 10.5. The van der Waals surface area contributed by atoms with Crippen LogP contribution in [-0.2, 0) is 14.3 Å². The van der Waals surface area contributed by atoms with Crippen LogP contribution in [0, 0.1) is 0 Å². The third kappa shape index (κ3) is 2.72. The molecule has 0 unspecified atom stereocenters.